The van der Waals surface area contributed by atoms with Gasteiger partial charge in [-0.2, -0.15) is 0 Å². The monoisotopic (exact) mass is 433 g/mol. The van der Waals surface area contributed by atoms with E-state index in [2.05, 4.69) is 5.32 Å². The van der Waals surface area contributed by atoms with Crippen molar-refractivity contribution in [1.29, 1.82) is 0 Å². The van der Waals surface area contributed by atoms with Gasteiger partial charge in [-0.25, -0.2) is 18.4 Å². The van der Waals surface area contributed by atoms with Crippen molar-refractivity contribution < 1.29 is 22.7 Å². The van der Waals surface area contributed by atoms with Gasteiger partial charge in [0.25, 0.3) is 5.91 Å². The van der Waals surface area contributed by atoms with Crippen LogP contribution in [-0.4, -0.2) is 38.0 Å². The summed E-state index contributed by atoms with van der Waals surface area (Å²) >= 11 is 0. The van der Waals surface area contributed by atoms with Crippen LogP contribution in [0.3, 0.4) is 0 Å². The molecular weight excluding hydrogens is 406 g/mol. The van der Waals surface area contributed by atoms with E-state index < -0.39 is 27.8 Å². The molecule has 0 heterocycles. The number of hydrogen-bond donors (Lipinski definition) is 2. The number of carbonyl (C=O) groups is 2. The summed E-state index contributed by atoms with van der Waals surface area (Å²) < 4.78 is 28.4. The Morgan fingerprint density at radius 1 is 1.10 bits per heavy atom. The Bertz CT molecular complexity index is 1040. The summed E-state index contributed by atoms with van der Waals surface area (Å²) in [5.74, 6) is -0.295. The summed E-state index contributed by atoms with van der Waals surface area (Å²) in [6.07, 6.45) is -0.617. The van der Waals surface area contributed by atoms with Gasteiger partial charge in [0.1, 0.15) is 5.60 Å². The predicted octanol–water partition coefficient (Wildman–Crippen LogP) is 3.51. The van der Waals surface area contributed by atoms with Gasteiger partial charge in [0, 0.05) is 18.3 Å². The van der Waals surface area contributed by atoms with Crippen molar-refractivity contribution in [3.63, 3.8) is 0 Å². The van der Waals surface area contributed by atoms with E-state index in [-0.39, 0.29) is 10.8 Å². The van der Waals surface area contributed by atoms with Crippen molar-refractivity contribution in [2.75, 3.05) is 12.4 Å². The molecule has 9 heteroatoms. The maximum Gasteiger partial charge on any atom is 0.412 e. The Labute approximate surface area is 177 Å². The van der Waals surface area contributed by atoms with Crippen molar-refractivity contribution in [1.82, 2.24) is 4.90 Å². The number of benzene rings is 2. The fourth-order valence-electron chi connectivity index (χ4n) is 2.71. The average Bonchev–Trinajstić information content (AvgIpc) is 2.64. The number of nitrogens with two attached hydrogens (primary N) is 1. The van der Waals surface area contributed by atoms with Crippen LogP contribution in [0.15, 0.2) is 53.4 Å². The number of hydrogen-bond acceptors (Lipinski definition) is 5. The smallest absolute Gasteiger partial charge is 0.412 e. The number of nitrogens with one attached hydrogen (secondary N) is 1. The molecule has 0 spiro atoms. The Kier molecular flexibility index (Phi) is 6.89. The molecule has 2 aromatic carbocycles. The summed E-state index contributed by atoms with van der Waals surface area (Å²) in [6, 6.07) is 12.2. The van der Waals surface area contributed by atoms with Gasteiger partial charge in [0.15, 0.2) is 0 Å². The molecule has 2 amide bonds. The van der Waals surface area contributed by atoms with Gasteiger partial charge in [-0.3, -0.25) is 10.1 Å². The van der Waals surface area contributed by atoms with Crippen LogP contribution in [0.4, 0.5) is 10.5 Å². The first-order chi connectivity index (χ1) is 13.8. The number of sulfonamides is 1. The molecule has 1 atom stereocenters. The molecule has 162 valence electrons. The fraction of sp³-hybridized carbons (Fsp3) is 0.333. The highest BCUT2D eigenvalue weighted by Gasteiger charge is 2.21. The van der Waals surface area contributed by atoms with Crippen LogP contribution in [0.1, 0.15) is 49.7 Å². The van der Waals surface area contributed by atoms with Crippen LogP contribution in [0, 0.1) is 0 Å². The summed E-state index contributed by atoms with van der Waals surface area (Å²) in [5, 5.41) is 7.80. The first-order valence-corrected chi connectivity index (χ1v) is 10.8. The van der Waals surface area contributed by atoms with E-state index >= 15 is 0 Å². The fourth-order valence-corrected chi connectivity index (χ4v) is 3.27. The Hall–Kier alpha value is -2.91. The van der Waals surface area contributed by atoms with Gasteiger partial charge in [0.05, 0.1) is 10.9 Å². The van der Waals surface area contributed by atoms with E-state index in [0.29, 0.717) is 16.8 Å². The first kappa shape index (κ1) is 23.4. The molecular formula is C21H27N3O5S. The highest BCUT2D eigenvalue weighted by atomic mass is 32.2. The predicted molar refractivity (Wildman–Crippen MR) is 115 cm³/mol. The summed E-state index contributed by atoms with van der Waals surface area (Å²) in [6.45, 7) is 7.05. The van der Waals surface area contributed by atoms with Gasteiger partial charge in [-0.15, -0.1) is 0 Å². The molecule has 0 aliphatic rings. The minimum Gasteiger partial charge on any atom is -0.444 e. The number of primary sulfonamides is 1. The van der Waals surface area contributed by atoms with Crippen LogP contribution in [0.5, 0.6) is 0 Å². The van der Waals surface area contributed by atoms with Crippen LogP contribution >= 0.6 is 0 Å². The lowest BCUT2D eigenvalue weighted by molar-refractivity contribution is 0.0634. The van der Waals surface area contributed by atoms with E-state index in [1.165, 1.54) is 17.0 Å². The van der Waals surface area contributed by atoms with E-state index in [4.69, 9.17) is 9.88 Å². The first-order valence-electron chi connectivity index (χ1n) is 9.28. The largest absolute Gasteiger partial charge is 0.444 e. The van der Waals surface area contributed by atoms with Crippen molar-refractivity contribution in [3.05, 3.63) is 59.7 Å². The second-order valence-electron chi connectivity index (χ2n) is 7.92. The maximum atomic E-state index is 12.9. The third-order valence-electron chi connectivity index (χ3n) is 4.33. The Morgan fingerprint density at radius 3 is 2.33 bits per heavy atom. The maximum absolute atomic E-state index is 12.9. The molecule has 0 bridgehead atoms. The van der Waals surface area contributed by atoms with Crippen LogP contribution in [0.25, 0.3) is 0 Å². The molecule has 0 saturated carbocycles. The quantitative estimate of drug-likeness (QED) is 0.748. The molecule has 2 rings (SSSR count). The molecule has 0 aromatic heterocycles. The zero-order valence-electron chi connectivity index (χ0n) is 17.7. The molecule has 8 nitrogen and oxygen atoms in total. The molecule has 2 aromatic rings. The van der Waals surface area contributed by atoms with Gasteiger partial charge in [0.2, 0.25) is 10.0 Å². The van der Waals surface area contributed by atoms with E-state index in [1.807, 2.05) is 0 Å². The van der Waals surface area contributed by atoms with Crippen molar-refractivity contribution in [2.45, 2.75) is 44.2 Å². The second kappa shape index (κ2) is 8.85. The summed E-state index contributed by atoms with van der Waals surface area (Å²) in [7, 11) is -2.23. The molecule has 30 heavy (non-hydrogen) atoms. The highest BCUT2D eigenvalue weighted by Crippen LogP contribution is 2.24. The van der Waals surface area contributed by atoms with Crippen LogP contribution < -0.4 is 10.5 Å². The Morgan fingerprint density at radius 2 is 1.73 bits per heavy atom. The molecule has 3 N–H and O–H groups in total. The minimum absolute atomic E-state index is 0.0174. The van der Waals surface area contributed by atoms with E-state index in [0.717, 1.165) is 0 Å². The zero-order valence-corrected chi connectivity index (χ0v) is 18.5. The summed E-state index contributed by atoms with van der Waals surface area (Å²) in [4.78, 5) is 26.4. The van der Waals surface area contributed by atoms with E-state index in [1.54, 1.807) is 71.1 Å². The van der Waals surface area contributed by atoms with Crippen LogP contribution in [-0.2, 0) is 14.8 Å². The van der Waals surface area contributed by atoms with Crippen molar-refractivity contribution in [2.24, 2.45) is 5.14 Å². The lowest BCUT2D eigenvalue weighted by atomic mass is 10.1. The zero-order chi connectivity index (χ0) is 22.7. The molecule has 0 fully saturated rings. The molecule has 0 aliphatic heterocycles. The lowest BCUT2D eigenvalue weighted by Gasteiger charge is -2.26. The number of nitrogens with zero attached hydrogens (tertiary/aromatic N) is 1. The normalized spacial score (nSPS) is 12.7. The SMILES string of the molecule is CC(c1cccc(S(N)(=O)=O)c1)N(C)C(=O)c1cccc(NC(=O)OC(C)(C)C)c1. The number of amides is 2. The third kappa shape index (κ3) is 6.30. The topological polar surface area (TPSA) is 119 Å². The van der Waals surface area contributed by atoms with Gasteiger partial charge >= 0.3 is 6.09 Å². The van der Waals surface area contributed by atoms with Crippen molar-refractivity contribution in [3.8, 4) is 0 Å². The Balaban J connectivity index is 2.19. The van der Waals surface area contributed by atoms with E-state index in [9.17, 15) is 18.0 Å². The molecule has 1 unspecified atom stereocenters. The summed E-state index contributed by atoms with van der Waals surface area (Å²) in [5.41, 5.74) is 0.770. The second-order valence-corrected chi connectivity index (χ2v) is 9.48. The lowest BCUT2D eigenvalue weighted by Crippen LogP contribution is -2.30. The molecule has 0 radical (unpaired) electrons. The number of anilines is 1. The van der Waals surface area contributed by atoms with Gasteiger partial charge in [-0.05, 0) is 63.6 Å². The van der Waals surface area contributed by atoms with Crippen molar-refractivity contribution >= 4 is 27.7 Å². The number of ether oxygens (including phenoxy) is 1. The van der Waals surface area contributed by atoms with Gasteiger partial charge < -0.3 is 9.64 Å². The van der Waals surface area contributed by atoms with Gasteiger partial charge in [-0.1, -0.05) is 18.2 Å². The standard InChI is InChI=1S/C21H27N3O5S/c1-14(15-8-7-11-18(13-15)30(22,27)28)24(5)19(25)16-9-6-10-17(12-16)23-20(26)29-21(2,3)4/h6-14H,1-5H3,(H,23,26)(H2,22,27,28). The minimum atomic E-state index is -3.84. The molecule has 0 aliphatic carbocycles. The third-order valence-corrected chi connectivity index (χ3v) is 5.24. The number of carbonyl (C=O) groups excluding carboxylic acids is 2. The van der Waals surface area contributed by atoms with Crippen LogP contribution in [0.2, 0.25) is 0 Å². The number of rotatable bonds is 5. The highest BCUT2D eigenvalue weighted by molar-refractivity contribution is 7.89. The molecule has 0 saturated heterocycles. The average molecular weight is 434 g/mol.